The Morgan fingerprint density at radius 3 is 2.30 bits per heavy atom. The minimum absolute atomic E-state index is 0.0329. The molecule has 1 heterocycles. The topological polar surface area (TPSA) is 123 Å². The van der Waals surface area contributed by atoms with E-state index in [1.54, 1.807) is 31.9 Å². The van der Waals surface area contributed by atoms with Crippen LogP contribution in [-0.2, 0) is 32.2 Å². The molecule has 1 fully saturated rings. The molecule has 0 unspecified atom stereocenters. The summed E-state index contributed by atoms with van der Waals surface area (Å²) in [5, 5.41) is 2.91. The average Bonchev–Trinajstić information content (AvgIpc) is 3.71. The van der Waals surface area contributed by atoms with E-state index >= 15 is 0 Å². The van der Waals surface area contributed by atoms with Crippen LogP contribution in [0.2, 0.25) is 0 Å². The van der Waals surface area contributed by atoms with Crippen molar-refractivity contribution in [2.75, 3.05) is 19.0 Å². The van der Waals surface area contributed by atoms with Crippen molar-refractivity contribution >= 4 is 29.4 Å². The second kappa shape index (κ2) is 13.3. The fourth-order valence-corrected chi connectivity index (χ4v) is 4.53. The van der Waals surface area contributed by atoms with Gasteiger partial charge in [-0.25, -0.2) is 0 Å². The number of ether oxygens (including phenoxy) is 2. The van der Waals surface area contributed by atoms with Crippen LogP contribution in [-0.4, -0.2) is 47.8 Å². The van der Waals surface area contributed by atoms with Gasteiger partial charge in [-0.2, -0.15) is 5.48 Å². The van der Waals surface area contributed by atoms with Gasteiger partial charge >= 0.3 is 5.97 Å². The van der Waals surface area contributed by atoms with Crippen molar-refractivity contribution in [3.63, 3.8) is 0 Å². The summed E-state index contributed by atoms with van der Waals surface area (Å²) >= 11 is 0. The van der Waals surface area contributed by atoms with Crippen LogP contribution in [0.1, 0.15) is 75.4 Å². The molecular formula is C30H39N3O7. The van der Waals surface area contributed by atoms with Crippen molar-refractivity contribution in [2.24, 2.45) is 5.92 Å². The largest absolute Gasteiger partial charge is 0.493 e. The number of methoxy groups -OCH3 is 1. The summed E-state index contributed by atoms with van der Waals surface area (Å²) in [6, 6.07) is 11.3. The highest BCUT2D eigenvalue weighted by Crippen LogP contribution is 2.38. The minimum atomic E-state index is -0.816. The molecule has 2 aromatic rings. The van der Waals surface area contributed by atoms with E-state index in [4.69, 9.17) is 9.47 Å². The number of carbonyl (C=O) groups is 4. The number of nitrogens with one attached hydrogen (secondary N) is 2. The average molecular weight is 554 g/mol. The Bertz CT molecular complexity index is 1250. The Morgan fingerprint density at radius 2 is 1.73 bits per heavy atom. The molecule has 4 rings (SSSR count). The summed E-state index contributed by atoms with van der Waals surface area (Å²) in [5.74, 6) is 0.239. The van der Waals surface area contributed by atoms with E-state index in [1.165, 1.54) is 6.92 Å². The SMILES string of the molecule is CCOc1ccccc1OC.CCc1ccc(NC(=O)C2CC2)c2c1CN(C(C)(C)CC(=O)NOC(C)=O)C2=O. The number of aryl methyl sites for hydroxylation is 1. The number of anilines is 1. The van der Waals surface area contributed by atoms with E-state index in [-0.39, 0.29) is 24.2 Å². The Balaban J connectivity index is 0.000000336. The first-order valence-corrected chi connectivity index (χ1v) is 13.5. The Kier molecular flexibility index (Phi) is 10.1. The maximum atomic E-state index is 13.3. The van der Waals surface area contributed by atoms with Crippen molar-refractivity contribution in [1.82, 2.24) is 10.4 Å². The lowest BCUT2D eigenvalue weighted by Gasteiger charge is -2.35. The van der Waals surface area contributed by atoms with Gasteiger partial charge in [0.05, 0.1) is 31.4 Å². The highest BCUT2D eigenvalue weighted by atomic mass is 16.7. The van der Waals surface area contributed by atoms with E-state index in [0.29, 0.717) is 24.4 Å². The molecule has 1 aliphatic heterocycles. The van der Waals surface area contributed by atoms with Crippen LogP contribution in [0.3, 0.4) is 0 Å². The Morgan fingerprint density at radius 1 is 1.05 bits per heavy atom. The smallest absolute Gasteiger partial charge is 0.329 e. The van der Waals surface area contributed by atoms with Crippen molar-refractivity contribution in [1.29, 1.82) is 0 Å². The van der Waals surface area contributed by atoms with Crippen LogP contribution >= 0.6 is 0 Å². The summed E-state index contributed by atoms with van der Waals surface area (Å²) in [5.41, 5.74) is 4.24. The maximum Gasteiger partial charge on any atom is 0.329 e. The third kappa shape index (κ3) is 7.52. The molecule has 1 aliphatic carbocycles. The Hall–Kier alpha value is -4.08. The summed E-state index contributed by atoms with van der Waals surface area (Å²) in [4.78, 5) is 54.8. The third-order valence-electron chi connectivity index (χ3n) is 6.77. The maximum absolute atomic E-state index is 13.3. The molecule has 10 nitrogen and oxygen atoms in total. The van der Waals surface area contributed by atoms with Gasteiger partial charge in [0.2, 0.25) is 5.91 Å². The first-order valence-electron chi connectivity index (χ1n) is 13.5. The molecule has 3 amide bonds. The quantitative estimate of drug-likeness (QED) is 0.441. The van der Waals surface area contributed by atoms with Gasteiger partial charge < -0.3 is 24.5 Å². The van der Waals surface area contributed by atoms with Crippen LogP contribution in [0.4, 0.5) is 5.69 Å². The van der Waals surface area contributed by atoms with Crippen LogP contribution in [0.15, 0.2) is 36.4 Å². The predicted molar refractivity (Wildman–Crippen MR) is 150 cm³/mol. The van der Waals surface area contributed by atoms with Crippen molar-refractivity contribution in [3.8, 4) is 11.5 Å². The van der Waals surface area contributed by atoms with Gasteiger partial charge in [0.15, 0.2) is 11.5 Å². The number of hydroxylamine groups is 1. The molecule has 0 saturated heterocycles. The first kappa shape index (κ1) is 30.5. The van der Waals surface area contributed by atoms with E-state index in [2.05, 4.69) is 15.6 Å². The number of nitrogens with zero attached hydrogens (tertiary/aromatic N) is 1. The van der Waals surface area contributed by atoms with Gasteiger partial charge in [0.25, 0.3) is 11.8 Å². The molecule has 0 atom stereocenters. The number of carbonyl (C=O) groups excluding carboxylic acids is 4. The van der Waals surface area contributed by atoms with Crippen LogP contribution in [0.5, 0.6) is 11.5 Å². The summed E-state index contributed by atoms with van der Waals surface area (Å²) in [6.45, 7) is 9.76. The molecule has 0 spiro atoms. The van der Waals surface area contributed by atoms with Crippen molar-refractivity contribution in [3.05, 3.63) is 53.1 Å². The lowest BCUT2D eigenvalue weighted by atomic mass is 9.98. The second-order valence-corrected chi connectivity index (χ2v) is 10.3. The highest BCUT2D eigenvalue weighted by molar-refractivity contribution is 6.08. The zero-order valence-electron chi connectivity index (χ0n) is 24.1. The van der Waals surface area contributed by atoms with Gasteiger partial charge in [-0.1, -0.05) is 25.1 Å². The number of benzene rings is 2. The number of para-hydroxylation sites is 2. The summed E-state index contributed by atoms with van der Waals surface area (Å²) < 4.78 is 10.4. The first-order chi connectivity index (χ1) is 19.0. The van der Waals surface area contributed by atoms with Crippen LogP contribution in [0, 0.1) is 5.92 Å². The molecule has 2 aliphatic rings. The van der Waals surface area contributed by atoms with E-state index in [9.17, 15) is 19.2 Å². The molecule has 0 radical (unpaired) electrons. The molecule has 216 valence electrons. The van der Waals surface area contributed by atoms with Crippen LogP contribution < -0.4 is 20.3 Å². The number of fused-ring (bicyclic) bond motifs is 1. The normalized spacial score (nSPS) is 13.9. The fourth-order valence-electron chi connectivity index (χ4n) is 4.53. The molecule has 0 bridgehead atoms. The highest BCUT2D eigenvalue weighted by Gasteiger charge is 2.41. The predicted octanol–water partition coefficient (Wildman–Crippen LogP) is 4.41. The Labute approximate surface area is 235 Å². The monoisotopic (exact) mass is 553 g/mol. The lowest BCUT2D eigenvalue weighted by molar-refractivity contribution is -0.157. The van der Waals surface area contributed by atoms with Gasteiger partial charge in [0.1, 0.15) is 0 Å². The van der Waals surface area contributed by atoms with Gasteiger partial charge in [-0.05, 0) is 69.4 Å². The van der Waals surface area contributed by atoms with Gasteiger partial charge in [0, 0.05) is 24.9 Å². The summed E-state index contributed by atoms with van der Waals surface area (Å²) in [7, 11) is 1.64. The van der Waals surface area contributed by atoms with Crippen LogP contribution in [0.25, 0.3) is 0 Å². The molecule has 2 N–H and O–H groups in total. The molecule has 10 heteroatoms. The fraction of sp³-hybridized carbons (Fsp3) is 0.467. The standard InChI is InChI=1S/C21H27N3O5.C9H12O2/c1-5-13-8-9-16(22-19(27)14-6-7-14)18-15(13)11-24(20(18)28)21(3,4)10-17(26)23-29-12(2)25;1-3-11-9-7-5-4-6-8(9)10-2/h8-9,14H,5-7,10-11H2,1-4H3,(H,22,27)(H,23,26);4-7H,3H2,1-2H3. The minimum Gasteiger partial charge on any atom is -0.493 e. The number of rotatable bonds is 9. The second-order valence-electron chi connectivity index (χ2n) is 10.3. The van der Waals surface area contributed by atoms with Crippen molar-refractivity contribution < 1.29 is 33.5 Å². The van der Waals surface area contributed by atoms with Gasteiger partial charge in [-0.15, -0.1) is 0 Å². The number of hydrogen-bond acceptors (Lipinski definition) is 7. The van der Waals surface area contributed by atoms with E-state index < -0.39 is 17.4 Å². The lowest BCUT2D eigenvalue weighted by Crippen LogP contribution is -2.47. The number of amides is 3. The van der Waals surface area contributed by atoms with E-state index in [1.807, 2.05) is 44.2 Å². The molecule has 0 aromatic heterocycles. The summed E-state index contributed by atoms with van der Waals surface area (Å²) in [6.07, 6.45) is 2.48. The molecular weight excluding hydrogens is 514 g/mol. The van der Waals surface area contributed by atoms with Gasteiger partial charge in [-0.3, -0.25) is 19.2 Å². The third-order valence-corrected chi connectivity index (χ3v) is 6.77. The molecule has 2 aromatic carbocycles. The zero-order valence-corrected chi connectivity index (χ0v) is 24.1. The van der Waals surface area contributed by atoms with E-state index in [0.717, 1.165) is 41.9 Å². The zero-order chi connectivity index (χ0) is 29.4. The molecule has 1 saturated carbocycles. The van der Waals surface area contributed by atoms with Crippen molar-refractivity contribution in [2.45, 2.75) is 72.4 Å². The number of hydrogen-bond donors (Lipinski definition) is 2. The molecule has 40 heavy (non-hydrogen) atoms.